The molecule has 2 aromatic rings. The number of phenols is 1. The maximum Gasteiger partial charge on any atom is 0.226 e. The van der Waals surface area contributed by atoms with Crippen molar-refractivity contribution in [2.24, 2.45) is 5.92 Å². The normalized spacial score (nSPS) is 17.2. The van der Waals surface area contributed by atoms with E-state index in [4.69, 9.17) is 4.74 Å². The van der Waals surface area contributed by atoms with E-state index >= 15 is 0 Å². The average Bonchev–Trinajstić information content (AvgIpc) is 2.76. The SMILES string of the molecule is Cc1ccccc1-c1cc(O)c2c(c1)CN(C(=O)C1CCC1)CCO2. The number of carbonyl (C=O) groups is 1. The van der Waals surface area contributed by atoms with Crippen LogP contribution in [0.1, 0.15) is 30.4 Å². The van der Waals surface area contributed by atoms with Gasteiger partial charge in [0.25, 0.3) is 0 Å². The van der Waals surface area contributed by atoms with Crippen molar-refractivity contribution in [2.75, 3.05) is 13.2 Å². The molecule has 0 unspecified atom stereocenters. The summed E-state index contributed by atoms with van der Waals surface area (Å²) in [5.74, 6) is 1.06. The van der Waals surface area contributed by atoms with Gasteiger partial charge >= 0.3 is 0 Å². The van der Waals surface area contributed by atoms with Crippen LogP contribution in [0, 0.1) is 12.8 Å². The summed E-state index contributed by atoms with van der Waals surface area (Å²) in [6.07, 6.45) is 3.14. The predicted molar refractivity (Wildman–Crippen MR) is 96.5 cm³/mol. The summed E-state index contributed by atoms with van der Waals surface area (Å²) >= 11 is 0. The number of amides is 1. The molecule has 4 rings (SSSR count). The largest absolute Gasteiger partial charge is 0.504 e. The van der Waals surface area contributed by atoms with E-state index in [1.165, 1.54) is 0 Å². The number of nitrogens with zero attached hydrogens (tertiary/aromatic N) is 1. The molecule has 1 N–H and O–H groups in total. The van der Waals surface area contributed by atoms with E-state index in [2.05, 4.69) is 13.0 Å². The summed E-state index contributed by atoms with van der Waals surface area (Å²) in [5, 5.41) is 10.5. The molecule has 0 aromatic heterocycles. The van der Waals surface area contributed by atoms with Crippen LogP contribution in [0.15, 0.2) is 36.4 Å². The van der Waals surface area contributed by atoms with Gasteiger partial charge < -0.3 is 14.7 Å². The van der Waals surface area contributed by atoms with Gasteiger partial charge in [-0.05, 0) is 48.6 Å². The lowest BCUT2D eigenvalue weighted by atomic mass is 9.84. The maximum absolute atomic E-state index is 12.6. The molecule has 2 aromatic carbocycles. The van der Waals surface area contributed by atoms with Crippen LogP contribution in [0.4, 0.5) is 0 Å². The van der Waals surface area contributed by atoms with Crippen molar-refractivity contribution in [3.05, 3.63) is 47.5 Å². The molecule has 1 aliphatic carbocycles. The number of carbonyl (C=O) groups excluding carboxylic acids is 1. The quantitative estimate of drug-likeness (QED) is 0.904. The number of ether oxygens (including phenoxy) is 1. The standard InChI is InChI=1S/C21H23NO3/c1-14-5-2-3-8-18(14)16-11-17-13-22(21(24)15-6-4-7-15)9-10-25-20(17)19(23)12-16/h2-3,5,8,11-12,15,23H,4,6-7,9-10,13H2,1H3. The van der Waals surface area contributed by atoms with Crippen molar-refractivity contribution >= 4 is 5.91 Å². The van der Waals surface area contributed by atoms with Gasteiger partial charge in [0.1, 0.15) is 6.61 Å². The van der Waals surface area contributed by atoms with E-state index in [1.807, 2.05) is 29.2 Å². The first-order chi connectivity index (χ1) is 12.1. The summed E-state index contributed by atoms with van der Waals surface area (Å²) in [6, 6.07) is 11.9. The first kappa shape index (κ1) is 16.0. The van der Waals surface area contributed by atoms with Crippen LogP contribution in [0.2, 0.25) is 0 Å². The third kappa shape index (κ3) is 2.97. The fourth-order valence-electron chi connectivity index (χ4n) is 3.65. The second kappa shape index (κ2) is 6.43. The number of benzene rings is 2. The second-order valence-electron chi connectivity index (χ2n) is 7.03. The molecule has 0 radical (unpaired) electrons. The van der Waals surface area contributed by atoms with E-state index in [0.717, 1.165) is 41.5 Å². The lowest BCUT2D eigenvalue weighted by molar-refractivity contribution is -0.138. The van der Waals surface area contributed by atoms with E-state index in [0.29, 0.717) is 25.4 Å². The molecule has 0 saturated heterocycles. The van der Waals surface area contributed by atoms with Crippen molar-refractivity contribution in [2.45, 2.75) is 32.7 Å². The minimum Gasteiger partial charge on any atom is -0.504 e. The maximum atomic E-state index is 12.6. The topological polar surface area (TPSA) is 49.8 Å². The lowest BCUT2D eigenvalue weighted by Crippen LogP contribution is -2.39. The summed E-state index contributed by atoms with van der Waals surface area (Å²) in [7, 11) is 0. The van der Waals surface area contributed by atoms with Gasteiger partial charge in [-0.2, -0.15) is 0 Å². The molecule has 1 heterocycles. The monoisotopic (exact) mass is 337 g/mol. The summed E-state index contributed by atoms with van der Waals surface area (Å²) in [6.45, 7) is 3.55. The third-order valence-corrected chi connectivity index (χ3v) is 5.34. The highest BCUT2D eigenvalue weighted by Gasteiger charge is 2.31. The highest BCUT2D eigenvalue weighted by molar-refractivity contribution is 5.80. The molecule has 0 spiro atoms. The zero-order valence-electron chi connectivity index (χ0n) is 14.5. The number of rotatable bonds is 2. The van der Waals surface area contributed by atoms with Gasteiger partial charge in [-0.1, -0.05) is 30.7 Å². The smallest absolute Gasteiger partial charge is 0.226 e. The van der Waals surface area contributed by atoms with Crippen molar-refractivity contribution in [1.29, 1.82) is 0 Å². The van der Waals surface area contributed by atoms with Gasteiger partial charge in [-0.25, -0.2) is 0 Å². The molecule has 25 heavy (non-hydrogen) atoms. The van der Waals surface area contributed by atoms with Crippen LogP contribution in [-0.4, -0.2) is 29.1 Å². The average molecular weight is 337 g/mol. The van der Waals surface area contributed by atoms with Crippen LogP contribution >= 0.6 is 0 Å². The number of phenolic OH excluding ortho intramolecular Hbond substituents is 1. The zero-order chi connectivity index (χ0) is 17.4. The van der Waals surface area contributed by atoms with Gasteiger partial charge in [0.2, 0.25) is 5.91 Å². The third-order valence-electron chi connectivity index (χ3n) is 5.34. The minimum absolute atomic E-state index is 0.147. The molecule has 4 nitrogen and oxygen atoms in total. The Morgan fingerprint density at radius 2 is 2.04 bits per heavy atom. The van der Waals surface area contributed by atoms with Gasteiger partial charge in [-0.15, -0.1) is 0 Å². The van der Waals surface area contributed by atoms with Gasteiger partial charge in [0.05, 0.1) is 6.54 Å². The molecule has 0 bridgehead atoms. The fraction of sp³-hybridized carbons (Fsp3) is 0.381. The highest BCUT2D eigenvalue weighted by Crippen LogP contribution is 2.39. The molecule has 1 saturated carbocycles. The van der Waals surface area contributed by atoms with Crippen LogP contribution in [0.25, 0.3) is 11.1 Å². The zero-order valence-corrected chi connectivity index (χ0v) is 14.5. The Bertz CT molecular complexity index is 811. The van der Waals surface area contributed by atoms with Crippen LogP contribution in [0.3, 0.4) is 0 Å². The minimum atomic E-state index is 0.147. The first-order valence-corrected chi connectivity index (χ1v) is 8.97. The molecule has 130 valence electrons. The Hall–Kier alpha value is -2.49. The first-order valence-electron chi connectivity index (χ1n) is 8.97. The number of hydrogen-bond acceptors (Lipinski definition) is 3. The Morgan fingerprint density at radius 3 is 2.76 bits per heavy atom. The van der Waals surface area contributed by atoms with E-state index in [-0.39, 0.29) is 17.6 Å². The van der Waals surface area contributed by atoms with Crippen molar-refractivity contribution in [3.63, 3.8) is 0 Å². The summed E-state index contributed by atoms with van der Waals surface area (Å²) in [4.78, 5) is 14.5. The molecular weight excluding hydrogens is 314 g/mol. The van der Waals surface area contributed by atoms with E-state index in [9.17, 15) is 9.90 Å². The number of hydrogen-bond donors (Lipinski definition) is 1. The molecular formula is C21H23NO3. The van der Waals surface area contributed by atoms with Gasteiger partial charge in [-0.3, -0.25) is 4.79 Å². The molecule has 1 aliphatic heterocycles. The molecule has 4 heteroatoms. The van der Waals surface area contributed by atoms with Crippen molar-refractivity contribution in [3.8, 4) is 22.6 Å². The second-order valence-corrected chi connectivity index (χ2v) is 7.03. The Kier molecular flexibility index (Phi) is 4.12. The molecule has 1 amide bonds. The van der Waals surface area contributed by atoms with E-state index < -0.39 is 0 Å². The Balaban J connectivity index is 1.69. The molecule has 1 fully saturated rings. The van der Waals surface area contributed by atoms with Gasteiger partial charge in [0.15, 0.2) is 11.5 Å². The molecule has 0 atom stereocenters. The van der Waals surface area contributed by atoms with Crippen LogP contribution in [-0.2, 0) is 11.3 Å². The number of aromatic hydroxyl groups is 1. The molecule has 2 aliphatic rings. The van der Waals surface area contributed by atoms with Crippen LogP contribution in [0.5, 0.6) is 11.5 Å². The van der Waals surface area contributed by atoms with Gasteiger partial charge in [0, 0.05) is 18.0 Å². The van der Waals surface area contributed by atoms with Crippen molar-refractivity contribution in [1.82, 2.24) is 4.90 Å². The lowest BCUT2D eigenvalue weighted by Gasteiger charge is -2.30. The Morgan fingerprint density at radius 1 is 1.24 bits per heavy atom. The number of aryl methyl sites for hydroxylation is 1. The van der Waals surface area contributed by atoms with Crippen molar-refractivity contribution < 1.29 is 14.6 Å². The summed E-state index contributed by atoms with van der Waals surface area (Å²) in [5.41, 5.74) is 4.07. The predicted octanol–water partition coefficient (Wildman–Crippen LogP) is 3.89. The fourth-order valence-corrected chi connectivity index (χ4v) is 3.65. The number of fused-ring (bicyclic) bond motifs is 1. The summed E-state index contributed by atoms with van der Waals surface area (Å²) < 4.78 is 5.77. The van der Waals surface area contributed by atoms with Crippen LogP contribution < -0.4 is 4.74 Å². The highest BCUT2D eigenvalue weighted by atomic mass is 16.5. The Labute approximate surface area is 148 Å². The van der Waals surface area contributed by atoms with E-state index in [1.54, 1.807) is 6.07 Å².